The van der Waals surface area contributed by atoms with Crippen molar-refractivity contribution < 1.29 is 24.3 Å². The summed E-state index contributed by atoms with van der Waals surface area (Å²) in [6.45, 7) is 7.66. The van der Waals surface area contributed by atoms with Crippen molar-refractivity contribution in [2.24, 2.45) is 5.16 Å². The second kappa shape index (κ2) is 12.5. The Labute approximate surface area is 102 Å². The van der Waals surface area contributed by atoms with Gasteiger partial charge in [-0.3, -0.25) is 9.59 Å². The van der Waals surface area contributed by atoms with Crippen LogP contribution in [0.1, 0.15) is 40.5 Å². The molecule has 0 aromatic heterocycles. The van der Waals surface area contributed by atoms with Crippen molar-refractivity contribution in [1.29, 1.82) is 0 Å². The molecule has 0 aromatic rings. The van der Waals surface area contributed by atoms with Gasteiger partial charge in [0.1, 0.15) is 6.42 Å². The summed E-state index contributed by atoms with van der Waals surface area (Å²) in [7, 11) is 0. The zero-order chi connectivity index (χ0) is 13.7. The number of rotatable bonds is 5. The Morgan fingerprint density at radius 2 is 1.47 bits per heavy atom. The number of hydrogen-bond acceptors (Lipinski definition) is 6. The quantitative estimate of drug-likeness (QED) is 0.263. The van der Waals surface area contributed by atoms with Crippen LogP contribution in [0.3, 0.4) is 0 Å². The van der Waals surface area contributed by atoms with Gasteiger partial charge in [-0.05, 0) is 27.2 Å². The third-order valence-corrected chi connectivity index (χ3v) is 1.58. The summed E-state index contributed by atoms with van der Waals surface area (Å²) in [5.74, 6) is -1.07. The Kier molecular flexibility index (Phi) is 13.1. The summed E-state index contributed by atoms with van der Waals surface area (Å²) in [5.41, 5.74) is 0.773. The van der Waals surface area contributed by atoms with Gasteiger partial charge in [0.25, 0.3) is 0 Å². The van der Waals surface area contributed by atoms with E-state index in [4.69, 9.17) is 5.21 Å². The minimum atomic E-state index is -0.536. The SMILES string of the molecule is CCC(C)=NO.CCOC(=O)CC(=O)OCC. The van der Waals surface area contributed by atoms with E-state index in [1.165, 1.54) is 0 Å². The first-order valence-electron chi connectivity index (χ1n) is 5.50. The molecule has 0 atom stereocenters. The van der Waals surface area contributed by atoms with Crippen molar-refractivity contribution in [3.63, 3.8) is 0 Å². The molecule has 0 aromatic carbocycles. The van der Waals surface area contributed by atoms with E-state index in [0.717, 1.165) is 12.1 Å². The lowest BCUT2D eigenvalue weighted by atomic mass is 10.3. The molecule has 1 N–H and O–H groups in total. The van der Waals surface area contributed by atoms with Gasteiger partial charge in [-0.1, -0.05) is 12.1 Å². The first-order chi connectivity index (χ1) is 8.01. The first kappa shape index (κ1) is 17.8. The number of esters is 2. The summed E-state index contributed by atoms with van der Waals surface area (Å²) in [6, 6.07) is 0. The highest BCUT2D eigenvalue weighted by atomic mass is 16.5. The molecule has 0 unspecified atom stereocenters. The van der Waals surface area contributed by atoms with Gasteiger partial charge in [0, 0.05) is 0 Å². The molecule has 0 aliphatic rings. The number of ether oxygens (including phenoxy) is 2. The molecule has 0 amide bonds. The fourth-order valence-electron chi connectivity index (χ4n) is 0.613. The van der Waals surface area contributed by atoms with Crippen molar-refractivity contribution >= 4 is 17.7 Å². The predicted molar refractivity (Wildman–Crippen MR) is 63.1 cm³/mol. The first-order valence-corrected chi connectivity index (χ1v) is 5.50. The van der Waals surface area contributed by atoms with Crippen LogP contribution in [0.25, 0.3) is 0 Å². The van der Waals surface area contributed by atoms with Crippen LogP contribution < -0.4 is 0 Å². The van der Waals surface area contributed by atoms with Crippen LogP contribution in [-0.4, -0.2) is 36.1 Å². The summed E-state index contributed by atoms with van der Waals surface area (Å²) in [4.78, 5) is 21.2. The molecule has 17 heavy (non-hydrogen) atoms. The maximum Gasteiger partial charge on any atom is 0.317 e. The van der Waals surface area contributed by atoms with Gasteiger partial charge in [0.15, 0.2) is 0 Å². The Morgan fingerprint density at radius 3 is 1.65 bits per heavy atom. The molecule has 0 aliphatic heterocycles. The van der Waals surface area contributed by atoms with Gasteiger partial charge in [-0.15, -0.1) is 0 Å². The standard InChI is InChI=1S/C7H12O4.C4H9NO/c1-3-10-6(8)5-7(9)11-4-2;1-3-4(2)5-6/h3-5H2,1-2H3;6H,3H2,1-2H3. The van der Waals surface area contributed by atoms with Gasteiger partial charge in [0.2, 0.25) is 0 Å². The second-order valence-corrected chi connectivity index (χ2v) is 2.98. The smallest absolute Gasteiger partial charge is 0.317 e. The van der Waals surface area contributed by atoms with Crippen LogP contribution in [0.4, 0.5) is 0 Å². The fourth-order valence-corrected chi connectivity index (χ4v) is 0.613. The molecule has 100 valence electrons. The van der Waals surface area contributed by atoms with Gasteiger partial charge in [-0.25, -0.2) is 0 Å². The van der Waals surface area contributed by atoms with Crippen molar-refractivity contribution in [2.45, 2.75) is 40.5 Å². The lowest BCUT2D eigenvalue weighted by molar-refractivity contribution is -0.153. The van der Waals surface area contributed by atoms with Crippen molar-refractivity contribution in [3.05, 3.63) is 0 Å². The number of carbonyl (C=O) groups excluding carboxylic acids is 2. The molecule has 0 spiro atoms. The molecule has 6 heteroatoms. The lowest BCUT2D eigenvalue weighted by Gasteiger charge is -2.00. The molecule has 6 nitrogen and oxygen atoms in total. The van der Waals surface area contributed by atoms with Crippen molar-refractivity contribution in [1.82, 2.24) is 0 Å². The van der Waals surface area contributed by atoms with Crippen LogP contribution in [0, 0.1) is 0 Å². The van der Waals surface area contributed by atoms with E-state index in [1.54, 1.807) is 20.8 Å². The Balaban J connectivity index is 0. The van der Waals surface area contributed by atoms with Crippen molar-refractivity contribution in [3.8, 4) is 0 Å². The summed E-state index contributed by atoms with van der Waals surface area (Å²) >= 11 is 0. The van der Waals surface area contributed by atoms with Crippen LogP contribution in [0.2, 0.25) is 0 Å². The van der Waals surface area contributed by atoms with Gasteiger partial charge in [0.05, 0.1) is 18.9 Å². The Bertz CT molecular complexity index is 234. The molecule has 0 fully saturated rings. The van der Waals surface area contributed by atoms with E-state index in [2.05, 4.69) is 14.6 Å². The van der Waals surface area contributed by atoms with Gasteiger partial charge >= 0.3 is 11.9 Å². The summed E-state index contributed by atoms with van der Waals surface area (Å²) in [6.07, 6.45) is 0.540. The molecule has 0 saturated carbocycles. The van der Waals surface area contributed by atoms with Crippen LogP contribution >= 0.6 is 0 Å². The number of carbonyl (C=O) groups is 2. The van der Waals surface area contributed by atoms with E-state index in [-0.39, 0.29) is 19.6 Å². The highest BCUT2D eigenvalue weighted by Gasteiger charge is 2.09. The Hall–Kier alpha value is -1.59. The maximum atomic E-state index is 10.6. The number of hydrogen-bond donors (Lipinski definition) is 1. The summed E-state index contributed by atoms with van der Waals surface area (Å²) < 4.78 is 9.04. The molecule has 0 aliphatic carbocycles. The molecule has 0 heterocycles. The predicted octanol–water partition coefficient (Wildman–Crippen LogP) is 1.75. The second-order valence-electron chi connectivity index (χ2n) is 2.98. The van der Waals surface area contributed by atoms with Crippen LogP contribution in [0.15, 0.2) is 5.16 Å². The number of oxime groups is 1. The highest BCUT2D eigenvalue weighted by molar-refractivity contribution is 5.91. The fraction of sp³-hybridized carbons (Fsp3) is 0.727. The average Bonchev–Trinajstić information content (AvgIpc) is 2.29. The minimum Gasteiger partial charge on any atom is -0.466 e. The number of nitrogens with zero attached hydrogens (tertiary/aromatic N) is 1. The molecule has 0 rings (SSSR count). The molecular weight excluding hydrogens is 226 g/mol. The maximum absolute atomic E-state index is 10.6. The molecule has 0 bridgehead atoms. The molecule has 0 saturated heterocycles. The highest BCUT2D eigenvalue weighted by Crippen LogP contribution is 1.89. The van der Waals surface area contributed by atoms with Crippen LogP contribution in [0.5, 0.6) is 0 Å². The van der Waals surface area contributed by atoms with E-state index >= 15 is 0 Å². The largest absolute Gasteiger partial charge is 0.466 e. The third kappa shape index (κ3) is 14.4. The average molecular weight is 247 g/mol. The molecular formula is C11H21NO5. The minimum absolute atomic E-state index is 0.290. The normalized spacial score (nSPS) is 10.0. The van der Waals surface area contributed by atoms with Gasteiger partial charge < -0.3 is 14.7 Å². The van der Waals surface area contributed by atoms with E-state index < -0.39 is 11.9 Å². The van der Waals surface area contributed by atoms with E-state index in [0.29, 0.717) is 0 Å². The summed E-state index contributed by atoms with van der Waals surface area (Å²) in [5, 5.41) is 10.8. The monoisotopic (exact) mass is 247 g/mol. The van der Waals surface area contributed by atoms with Gasteiger partial charge in [-0.2, -0.15) is 0 Å². The Morgan fingerprint density at radius 1 is 1.06 bits per heavy atom. The van der Waals surface area contributed by atoms with Crippen molar-refractivity contribution in [2.75, 3.05) is 13.2 Å². The van der Waals surface area contributed by atoms with E-state index in [1.807, 2.05) is 6.92 Å². The lowest BCUT2D eigenvalue weighted by Crippen LogP contribution is -2.13. The zero-order valence-corrected chi connectivity index (χ0v) is 10.9. The third-order valence-electron chi connectivity index (χ3n) is 1.58. The van der Waals surface area contributed by atoms with Crippen LogP contribution in [-0.2, 0) is 19.1 Å². The van der Waals surface area contributed by atoms with E-state index in [9.17, 15) is 9.59 Å². The topological polar surface area (TPSA) is 85.2 Å². The molecule has 0 radical (unpaired) electrons. The zero-order valence-electron chi connectivity index (χ0n) is 10.9.